The van der Waals surface area contributed by atoms with Gasteiger partial charge in [-0.3, -0.25) is 28.8 Å². The van der Waals surface area contributed by atoms with Gasteiger partial charge in [0.15, 0.2) is 0 Å². The lowest BCUT2D eigenvalue weighted by atomic mass is 9.76. The highest BCUT2D eigenvalue weighted by Crippen LogP contribution is 2.35. The molecule has 1 aliphatic rings. The van der Waals surface area contributed by atoms with Gasteiger partial charge >= 0.3 is 23.9 Å². The highest BCUT2D eigenvalue weighted by atomic mass is 16.7. The average molecular weight is 1550 g/mol. The number of benzene rings is 3. The van der Waals surface area contributed by atoms with Gasteiger partial charge < -0.3 is 81.2 Å². The molecule has 3 aromatic rings. The highest BCUT2D eigenvalue weighted by molar-refractivity contribution is 6.03. The van der Waals surface area contributed by atoms with Crippen molar-refractivity contribution in [1.29, 1.82) is 0 Å². The molecule has 25 heteroatoms. The molecule has 0 radical (unpaired) electrons. The SMILES string of the molecule is O=C(CCCCCCCCCCCCCCC(CCCCCCCCCCCCCCC(=O)OCc1ccccc1)(C(=O)NCCOCCOCCOCCOCCOCCOCCOCCOCCOCCOCCOCCOCCC(=O)ON1C(=O)CCC1=O)C(=O)OCc1ccccc1)OCc1ccccc1. The van der Waals surface area contributed by atoms with Crippen LogP contribution in [-0.2, 0) is 129 Å². The van der Waals surface area contributed by atoms with E-state index in [1.165, 1.54) is 51.4 Å². The van der Waals surface area contributed by atoms with E-state index in [4.69, 9.17) is 75.9 Å². The summed E-state index contributed by atoms with van der Waals surface area (Å²) >= 11 is 0. The molecular formula is C85H134N2O23. The van der Waals surface area contributed by atoms with Gasteiger partial charge in [0.25, 0.3) is 11.8 Å². The van der Waals surface area contributed by atoms with Crippen LogP contribution >= 0.6 is 0 Å². The van der Waals surface area contributed by atoms with Crippen molar-refractivity contribution in [2.24, 2.45) is 5.41 Å². The molecule has 3 aromatic carbocycles. The first-order chi connectivity index (χ1) is 54.2. The fourth-order valence-corrected chi connectivity index (χ4v) is 11.9. The molecule has 0 unspecified atom stereocenters. The van der Waals surface area contributed by atoms with Crippen LogP contribution in [0.2, 0.25) is 0 Å². The zero-order valence-corrected chi connectivity index (χ0v) is 66.2. The van der Waals surface area contributed by atoms with Gasteiger partial charge in [-0.05, 0) is 42.4 Å². The third-order valence-corrected chi connectivity index (χ3v) is 18.3. The highest BCUT2D eigenvalue weighted by Gasteiger charge is 2.46. The van der Waals surface area contributed by atoms with Gasteiger partial charge in [-0.25, -0.2) is 4.79 Å². The summed E-state index contributed by atoms with van der Waals surface area (Å²) < 4.78 is 83.7. The van der Waals surface area contributed by atoms with E-state index in [0.717, 1.165) is 119 Å². The number of hydroxylamine groups is 2. The maximum atomic E-state index is 14.6. The quantitative estimate of drug-likeness (QED) is 0.0181. The topological polar surface area (TPSA) is 282 Å². The minimum absolute atomic E-state index is 0.0471. The van der Waals surface area contributed by atoms with Crippen molar-refractivity contribution in [1.82, 2.24) is 10.4 Å². The molecule has 1 N–H and O–H groups in total. The molecule has 4 rings (SSSR count). The third-order valence-electron chi connectivity index (χ3n) is 18.3. The van der Waals surface area contributed by atoms with E-state index < -0.39 is 29.2 Å². The molecule has 0 aromatic heterocycles. The van der Waals surface area contributed by atoms with E-state index in [2.05, 4.69) is 5.32 Å². The second-order valence-electron chi connectivity index (χ2n) is 27.3. The van der Waals surface area contributed by atoms with Gasteiger partial charge in [0.1, 0.15) is 25.2 Å². The van der Waals surface area contributed by atoms with Crippen LogP contribution in [0.4, 0.5) is 0 Å². The molecule has 1 heterocycles. The van der Waals surface area contributed by atoms with Gasteiger partial charge in [-0.2, -0.15) is 0 Å². The van der Waals surface area contributed by atoms with Crippen LogP contribution in [0.1, 0.15) is 216 Å². The van der Waals surface area contributed by atoms with E-state index in [1.54, 1.807) is 0 Å². The Morgan fingerprint density at radius 2 is 0.545 bits per heavy atom. The number of carbonyl (C=O) groups is 7. The number of imide groups is 1. The van der Waals surface area contributed by atoms with Crippen LogP contribution in [0.15, 0.2) is 91.0 Å². The summed E-state index contributed by atoms with van der Waals surface area (Å²) in [7, 11) is 0. The summed E-state index contributed by atoms with van der Waals surface area (Å²) in [5, 5.41) is 3.61. The van der Waals surface area contributed by atoms with Crippen LogP contribution in [0.25, 0.3) is 0 Å². The summed E-state index contributed by atoms with van der Waals surface area (Å²) in [6, 6.07) is 29.2. The van der Waals surface area contributed by atoms with E-state index in [0.29, 0.717) is 183 Å². The Kier molecular flexibility index (Phi) is 60.6. The Bertz CT molecular complexity index is 2630. The first-order valence-corrected chi connectivity index (χ1v) is 41.0. The summed E-state index contributed by atoms with van der Waals surface area (Å²) in [5.41, 5.74) is 1.57. The van der Waals surface area contributed by atoms with Gasteiger partial charge in [-0.1, -0.05) is 232 Å². The monoisotopic (exact) mass is 1550 g/mol. The average Bonchev–Trinajstić information content (AvgIpc) is 1.01. The second-order valence-corrected chi connectivity index (χ2v) is 27.3. The van der Waals surface area contributed by atoms with Gasteiger partial charge in [0.2, 0.25) is 5.91 Å². The molecule has 0 aliphatic carbocycles. The van der Waals surface area contributed by atoms with Crippen molar-refractivity contribution >= 4 is 41.6 Å². The van der Waals surface area contributed by atoms with Gasteiger partial charge in [0, 0.05) is 32.2 Å². The van der Waals surface area contributed by atoms with E-state index in [9.17, 15) is 33.6 Å². The fraction of sp³-hybridized carbons (Fsp3) is 0.706. The minimum atomic E-state index is -1.31. The lowest BCUT2D eigenvalue weighted by molar-refractivity contribution is -0.198. The van der Waals surface area contributed by atoms with Crippen LogP contribution in [0.5, 0.6) is 0 Å². The van der Waals surface area contributed by atoms with E-state index in [1.807, 2.05) is 91.0 Å². The molecule has 0 atom stereocenters. The van der Waals surface area contributed by atoms with Crippen molar-refractivity contribution < 1.29 is 109 Å². The largest absolute Gasteiger partial charge is 0.461 e. The number of hydrogen-bond acceptors (Lipinski definition) is 23. The maximum Gasteiger partial charge on any atom is 0.335 e. The fourth-order valence-electron chi connectivity index (χ4n) is 11.9. The first-order valence-electron chi connectivity index (χ1n) is 41.0. The number of hydrogen-bond donors (Lipinski definition) is 1. The van der Waals surface area contributed by atoms with Crippen molar-refractivity contribution in [3.8, 4) is 0 Å². The summed E-state index contributed by atoms with van der Waals surface area (Å²) in [5.74, 6) is -2.75. The molecule has 3 amide bonds. The standard InChI is InChI=1S/C85H134N2O23/c88-78-42-43-79(89)87(78)110-82(92)44-48-95-50-52-97-54-56-99-58-60-101-62-64-103-66-68-105-70-71-106-69-67-104-65-63-102-61-59-100-57-55-98-53-51-96-49-47-86-83(93)85(84(94)109-74-77-38-28-23-29-39-77,45-32-19-15-11-7-3-1-5-9-13-17-30-40-80(90)107-72-75-34-24-21-25-35-75)46-33-20-16-12-8-4-2-6-10-14-18-31-41-81(91)108-73-76-36-26-22-27-37-76/h21-29,34-39H,1-20,30-33,40-74H2,(H,86,93). The predicted molar refractivity (Wildman–Crippen MR) is 415 cm³/mol. The van der Waals surface area contributed by atoms with Crippen LogP contribution in [0.3, 0.4) is 0 Å². The van der Waals surface area contributed by atoms with Crippen molar-refractivity contribution in [3.63, 3.8) is 0 Å². The van der Waals surface area contributed by atoms with Crippen molar-refractivity contribution in [2.45, 2.75) is 219 Å². The van der Waals surface area contributed by atoms with Crippen LogP contribution in [0, 0.1) is 5.41 Å². The lowest BCUT2D eigenvalue weighted by Gasteiger charge is -2.31. The zero-order valence-electron chi connectivity index (χ0n) is 66.2. The van der Waals surface area contributed by atoms with Crippen LogP contribution < -0.4 is 5.32 Å². The van der Waals surface area contributed by atoms with Crippen LogP contribution in [-0.4, -0.2) is 212 Å². The third kappa shape index (κ3) is 52.8. The van der Waals surface area contributed by atoms with Gasteiger partial charge in [0.05, 0.1) is 165 Å². The molecule has 1 aliphatic heterocycles. The molecule has 25 nitrogen and oxygen atoms in total. The number of esters is 3. The summed E-state index contributed by atoms with van der Waals surface area (Å²) in [4.78, 5) is 92.9. The number of ether oxygens (including phenoxy) is 15. The number of carbonyl (C=O) groups excluding carboxylic acids is 7. The van der Waals surface area contributed by atoms with E-state index >= 15 is 0 Å². The lowest BCUT2D eigenvalue weighted by Crippen LogP contribution is -2.48. The van der Waals surface area contributed by atoms with Crippen molar-refractivity contribution in [2.75, 3.05) is 165 Å². The Morgan fingerprint density at radius 3 is 0.845 bits per heavy atom. The second kappa shape index (κ2) is 69.4. The first kappa shape index (κ1) is 96.0. The number of amides is 3. The normalized spacial score (nSPS) is 12.3. The number of nitrogens with one attached hydrogen (secondary N) is 1. The number of rotatable bonds is 78. The summed E-state index contributed by atoms with van der Waals surface area (Å²) in [6.07, 6.45) is 27.3. The Labute approximate surface area is 655 Å². The minimum Gasteiger partial charge on any atom is -0.461 e. The van der Waals surface area contributed by atoms with Crippen molar-refractivity contribution in [3.05, 3.63) is 108 Å². The molecule has 0 bridgehead atoms. The Hall–Kier alpha value is -6.33. The van der Waals surface area contributed by atoms with E-state index in [-0.39, 0.29) is 70.1 Å². The maximum absolute atomic E-state index is 14.6. The molecule has 0 saturated carbocycles. The molecule has 1 fully saturated rings. The summed E-state index contributed by atoms with van der Waals surface area (Å²) in [6.45, 7) is 10.3. The molecular weight excluding hydrogens is 1420 g/mol. The number of unbranched alkanes of at least 4 members (excludes halogenated alkanes) is 22. The molecule has 622 valence electrons. The Morgan fingerprint density at radius 1 is 0.291 bits per heavy atom. The molecule has 1 saturated heterocycles. The van der Waals surface area contributed by atoms with Gasteiger partial charge in [-0.15, -0.1) is 5.06 Å². The molecule has 110 heavy (non-hydrogen) atoms. The zero-order chi connectivity index (χ0) is 78.2. The molecule has 0 spiro atoms. The Balaban J connectivity index is 0.982. The smallest absolute Gasteiger partial charge is 0.335 e. The predicted octanol–water partition coefficient (Wildman–Crippen LogP) is 13.4. The number of nitrogens with zero attached hydrogens (tertiary/aromatic N) is 1.